The minimum absolute atomic E-state index is 0.302. The largest absolute Gasteiger partial charge is 0.379 e. The molecule has 1 saturated heterocycles. The average Bonchev–Trinajstić information content (AvgIpc) is 2.99. The highest BCUT2D eigenvalue weighted by molar-refractivity contribution is 6.12. The molecule has 1 aliphatic rings. The Balaban J connectivity index is 1.54. The van der Waals surface area contributed by atoms with Crippen molar-refractivity contribution >= 4 is 22.5 Å². The smallest absolute Gasteiger partial charge is 0.256 e. The maximum atomic E-state index is 13.0. The molecular formula is C21H25N5O3. The summed E-state index contributed by atoms with van der Waals surface area (Å²) in [5.41, 5.74) is 3.04. The van der Waals surface area contributed by atoms with Crippen LogP contribution >= 0.6 is 0 Å². The Kier molecular flexibility index (Phi) is 5.46. The lowest BCUT2D eigenvalue weighted by Gasteiger charge is -2.26. The summed E-state index contributed by atoms with van der Waals surface area (Å²) in [7, 11) is 0. The molecule has 0 unspecified atom stereocenters. The zero-order chi connectivity index (χ0) is 20.4. The molecule has 29 heavy (non-hydrogen) atoms. The van der Waals surface area contributed by atoms with Crippen molar-refractivity contribution in [3.05, 3.63) is 57.6 Å². The first-order valence-corrected chi connectivity index (χ1v) is 9.80. The van der Waals surface area contributed by atoms with Crippen LogP contribution in [0, 0.1) is 13.8 Å². The first-order valence-electron chi connectivity index (χ1n) is 9.80. The molecule has 8 heteroatoms. The number of nitrogens with one attached hydrogen (secondary N) is 2. The third-order valence-electron chi connectivity index (χ3n) is 5.35. The number of hydrogen-bond donors (Lipinski definition) is 2. The second-order valence-electron chi connectivity index (χ2n) is 7.27. The van der Waals surface area contributed by atoms with E-state index in [1.807, 2.05) is 36.7 Å². The lowest BCUT2D eigenvalue weighted by atomic mass is 10.1. The summed E-state index contributed by atoms with van der Waals surface area (Å²) in [4.78, 5) is 30.1. The summed E-state index contributed by atoms with van der Waals surface area (Å²) >= 11 is 0. The van der Waals surface area contributed by atoms with Crippen LogP contribution in [-0.2, 0) is 11.3 Å². The van der Waals surface area contributed by atoms with Crippen LogP contribution in [0.3, 0.4) is 0 Å². The molecule has 8 nitrogen and oxygen atoms in total. The second kappa shape index (κ2) is 8.18. The zero-order valence-corrected chi connectivity index (χ0v) is 16.7. The van der Waals surface area contributed by atoms with E-state index in [1.54, 1.807) is 6.07 Å². The van der Waals surface area contributed by atoms with Gasteiger partial charge in [0.1, 0.15) is 0 Å². The maximum absolute atomic E-state index is 13.0. The van der Waals surface area contributed by atoms with Crippen molar-refractivity contribution in [3.63, 3.8) is 0 Å². The lowest BCUT2D eigenvalue weighted by Crippen LogP contribution is -2.38. The number of H-pyrrole nitrogens is 1. The van der Waals surface area contributed by atoms with Crippen molar-refractivity contribution in [2.75, 3.05) is 38.2 Å². The fourth-order valence-corrected chi connectivity index (χ4v) is 3.73. The number of nitrogens with zero attached hydrogens (tertiary/aromatic N) is 3. The number of anilines is 1. The normalized spacial score (nSPS) is 15.0. The van der Waals surface area contributed by atoms with E-state index >= 15 is 0 Å². The standard InChI is InChI=1S/C21H25N5O3/c1-14-20(15(2)26(24-14)8-7-25-9-11-29-12-10-25)23-21(28)17-13-19(27)22-18-6-4-3-5-16(17)18/h3-6,13H,7-12H2,1-2H3,(H,22,27)(H,23,28). The lowest BCUT2D eigenvalue weighted by molar-refractivity contribution is 0.0359. The fourth-order valence-electron chi connectivity index (χ4n) is 3.73. The van der Waals surface area contributed by atoms with Crippen LogP contribution in [-0.4, -0.2) is 58.4 Å². The molecule has 0 bridgehead atoms. The molecule has 1 aliphatic heterocycles. The number of carbonyl (C=O) groups is 1. The molecule has 3 heterocycles. The number of morpholine rings is 1. The van der Waals surface area contributed by atoms with Crippen LogP contribution in [0.25, 0.3) is 10.9 Å². The third kappa shape index (κ3) is 4.08. The summed E-state index contributed by atoms with van der Waals surface area (Å²) < 4.78 is 7.31. The summed E-state index contributed by atoms with van der Waals surface area (Å²) in [6, 6.07) is 8.62. The van der Waals surface area contributed by atoms with Crippen molar-refractivity contribution in [1.29, 1.82) is 0 Å². The Labute approximate surface area is 168 Å². The van der Waals surface area contributed by atoms with Gasteiger partial charge in [0.15, 0.2) is 0 Å². The highest BCUT2D eigenvalue weighted by atomic mass is 16.5. The highest BCUT2D eigenvalue weighted by Crippen LogP contribution is 2.22. The molecule has 0 aliphatic carbocycles. The Hall–Kier alpha value is -2.97. The monoisotopic (exact) mass is 395 g/mol. The van der Waals surface area contributed by atoms with Crippen LogP contribution in [0.4, 0.5) is 5.69 Å². The Morgan fingerprint density at radius 3 is 2.76 bits per heavy atom. The summed E-state index contributed by atoms with van der Waals surface area (Å²) in [5, 5.41) is 8.27. The average molecular weight is 395 g/mol. The van der Waals surface area contributed by atoms with Gasteiger partial charge in [0.05, 0.1) is 42.4 Å². The Morgan fingerprint density at radius 1 is 1.21 bits per heavy atom. The number of aryl methyl sites for hydroxylation is 1. The van der Waals surface area contributed by atoms with Crippen LogP contribution in [0.15, 0.2) is 35.1 Å². The van der Waals surface area contributed by atoms with Gasteiger partial charge in [-0.15, -0.1) is 0 Å². The molecule has 2 aromatic heterocycles. The van der Waals surface area contributed by atoms with Crippen molar-refractivity contribution in [2.45, 2.75) is 20.4 Å². The number of aromatic nitrogens is 3. The van der Waals surface area contributed by atoms with Crippen molar-refractivity contribution < 1.29 is 9.53 Å². The quantitative estimate of drug-likeness (QED) is 0.689. The summed E-state index contributed by atoms with van der Waals surface area (Å²) in [6.45, 7) is 8.85. The number of fused-ring (bicyclic) bond motifs is 1. The van der Waals surface area contributed by atoms with E-state index in [0.29, 0.717) is 22.2 Å². The van der Waals surface area contributed by atoms with Gasteiger partial charge >= 0.3 is 0 Å². The van der Waals surface area contributed by atoms with Crippen molar-refractivity contribution in [2.24, 2.45) is 0 Å². The van der Waals surface area contributed by atoms with Crippen molar-refractivity contribution in [3.8, 4) is 0 Å². The molecule has 0 radical (unpaired) electrons. The van der Waals surface area contributed by atoms with Gasteiger partial charge in [-0.25, -0.2) is 0 Å². The maximum Gasteiger partial charge on any atom is 0.256 e. The van der Waals surface area contributed by atoms with E-state index in [9.17, 15) is 9.59 Å². The molecule has 0 spiro atoms. The first kappa shape index (κ1) is 19.4. The fraction of sp³-hybridized carbons (Fsp3) is 0.381. The first-order chi connectivity index (χ1) is 14.0. The van der Waals surface area contributed by atoms with E-state index in [0.717, 1.165) is 50.8 Å². The molecule has 2 N–H and O–H groups in total. The predicted octanol–water partition coefficient (Wildman–Crippen LogP) is 1.93. The number of ether oxygens (including phenoxy) is 1. The predicted molar refractivity (Wildman–Crippen MR) is 111 cm³/mol. The Morgan fingerprint density at radius 2 is 1.97 bits per heavy atom. The van der Waals surface area contributed by atoms with E-state index in [2.05, 4.69) is 20.3 Å². The number of amides is 1. The number of benzene rings is 1. The van der Waals surface area contributed by atoms with Gasteiger partial charge in [-0.2, -0.15) is 5.10 Å². The molecular weight excluding hydrogens is 370 g/mol. The molecule has 1 aromatic carbocycles. The molecule has 1 fully saturated rings. The molecule has 4 rings (SSSR count). The van der Waals surface area contributed by atoms with Gasteiger partial charge in [0.25, 0.3) is 5.91 Å². The third-order valence-corrected chi connectivity index (χ3v) is 5.35. The minimum Gasteiger partial charge on any atom is -0.379 e. The number of rotatable bonds is 5. The van der Waals surface area contributed by atoms with Gasteiger partial charge in [-0.3, -0.25) is 19.2 Å². The Bertz CT molecular complexity index is 1100. The van der Waals surface area contributed by atoms with E-state index < -0.39 is 0 Å². The molecule has 3 aromatic rings. The van der Waals surface area contributed by atoms with Gasteiger partial charge in [0, 0.05) is 36.6 Å². The SMILES string of the molecule is Cc1nn(CCN2CCOCC2)c(C)c1NC(=O)c1cc(=O)[nH]c2ccccc12. The summed E-state index contributed by atoms with van der Waals surface area (Å²) in [5.74, 6) is -0.314. The number of carbonyl (C=O) groups excluding carboxylic acids is 1. The topological polar surface area (TPSA) is 92.2 Å². The van der Waals surface area contributed by atoms with Crippen LogP contribution in [0.5, 0.6) is 0 Å². The molecule has 152 valence electrons. The van der Waals surface area contributed by atoms with Gasteiger partial charge in [-0.1, -0.05) is 18.2 Å². The highest BCUT2D eigenvalue weighted by Gasteiger charge is 2.18. The molecule has 0 atom stereocenters. The second-order valence-corrected chi connectivity index (χ2v) is 7.27. The van der Waals surface area contributed by atoms with Crippen molar-refractivity contribution in [1.82, 2.24) is 19.7 Å². The van der Waals surface area contributed by atoms with Gasteiger partial charge in [0.2, 0.25) is 5.56 Å². The van der Waals surface area contributed by atoms with Crippen LogP contribution in [0.1, 0.15) is 21.7 Å². The molecule has 1 amide bonds. The minimum atomic E-state index is -0.314. The van der Waals surface area contributed by atoms with E-state index in [1.165, 1.54) is 6.07 Å². The number of pyridine rings is 1. The van der Waals surface area contributed by atoms with Gasteiger partial charge < -0.3 is 15.0 Å². The van der Waals surface area contributed by atoms with E-state index in [-0.39, 0.29) is 11.5 Å². The van der Waals surface area contributed by atoms with E-state index in [4.69, 9.17) is 4.74 Å². The van der Waals surface area contributed by atoms with Crippen LogP contribution in [0.2, 0.25) is 0 Å². The molecule has 0 saturated carbocycles. The van der Waals surface area contributed by atoms with Gasteiger partial charge in [-0.05, 0) is 19.9 Å². The summed E-state index contributed by atoms with van der Waals surface area (Å²) in [6.07, 6.45) is 0. The van der Waals surface area contributed by atoms with Crippen LogP contribution < -0.4 is 10.9 Å². The zero-order valence-electron chi connectivity index (χ0n) is 16.7. The number of aromatic amines is 1. The number of para-hydroxylation sites is 1. The number of hydrogen-bond acceptors (Lipinski definition) is 5.